The third-order valence-electron chi connectivity index (χ3n) is 6.15. The van der Waals surface area contributed by atoms with Crippen LogP contribution in [0.25, 0.3) is 33.3 Å². The number of aromatic amines is 1. The predicted octanol–water partition coefficient (Wildman–Crippen LogP) is 6.79. The van der Waals surface area contributed by atoms with E-state index in [1.807, 2.05) is 6.20 Å². The molecule has 0 spiro atoms. The average molecular weight is 398 g/mol. The first-order valence-corrected chi connectivity index (χ1v) is 11.1. The second kappa shape index (κ2) is 7.71. The Hall–Kier alpha value is -2.94. The van der Waals surface area contributed by atoms with Gasteiger partial charge in [-0.25, -0.2) is 9.97 Å². The Kier molecular flexibility index (Phi) is 4.90. The van der Waals surface area contributed by atoms with Crippen molar-refractivity contribution in [1.82, 2.24) is 4.98 Å². The van der Waals surface area contributed by atoms with E-state index in [9.17, 15) is 0 Å². The van der Waals surface area contributed by atoms with Crippen molar-refractivity contribution in [3.8, 4) is 11.3 Å². The highest BCUT2D eigenvalue weighted by atomic mass is 16.3. The van der Waals surface area contributed by atoms with E-state index < -0.39 is 0 Å². The van der Waals surface area contributed by atoms with Crippen LogP contribution >= 0.6 is 0 Å². The van der Waals surface area contributed by atoms with Gasteiger partial charge >= 0.3 is 0 Å². The number of nitrogens with zero attached hydrogens (tertiary/aromatic N) is 1. The zero-order chi connectivity index (χ0) is 20.7. The molecule has 0 bridgehead atoms. The number of aromatic nitrogens is 2. The van der Waals surface area contributed by atoms with Gasteiger partial charge in [-0.3, -0.25) is 0 Å². The molecule has 5 rings (SSSR count). The maximum atomic E-state index is 6.42. The van der Waals surface area contributed by atoms with Crippen LogP contribution in [0.3, 0.4) is 0 Å². The van der Waals surface area contributed by atoms with Crippen molar-refractivity contribution in [3.63, 3.8) is 0 Å². The molecule has 3 heterocycles. The van der Waals surface area contributed by atoms with Crippen LogP contribution in [-0.2, 0) is 6.42 Å². The second-order valence-electron chi connectivity index (χ2n) is 9.00. The van der Waals surface area contributed by atoms with E-state index in [1.165, 1.54) is 24.0 Å². The zero-order valence-electron chi connectivity index (χ0n) is 18.0. The monoisotopic (exact) mass is 397 g/mol. The molecule has 0 aliphatic heterocycles. The summed E-state index contributed by atoms with van der Waals surface area (Å²) in [5.41, 5.74) is 7.56. The minimum atomic E-state index is 0.401. The molecule has 3 aromatic heterocycles. The Balaban J connectivity index is 1.66. The van der Waals surface area contributed by atoms with Crippen molar-refractivity contribution in [2.75, 3.05) is 0 Å². The molecule has 152 valence electrons. The molecule has 0 amide bonds. The first-order chi connectivity index (χ1) is 14.6. The molecule has 0 radical (unpaired) electrons. The number of benzene rings is 1. The number of aryl methyl sites for hydroxylation is 1. The average Bonchev–Trinajstić information content (AvgIpc) is 3.11. The number of nitrogens with one attached hydrogen (secondary N) is 1. The molecule has 1 N–H and O–H groups in total. The number of hydrogen-bond acceptors (Lipinski definition) is 2. The summed E-state index contributed by atoms with van der Waals surface area (Å²) in [6.45, 7) is 6.66. The van der Waals surface area contributed by atoms with E-state index in [0.717, 1.165) is 51.9 Å². The summed E-state index contributed by atoms with van der Waals surface area (Å²) in [7, 11) is 0. The molecule has 1 unspecified atom stereocenters. The number of H-pyrrole nitrogens is 1. The fourth-order valence-electron chi connectivity index (χ4n) is 4.69. The van der Waals surface area contributed by atoms with Crippen LogP contribution in [0.1, 0.15) is 55.8 Å². The Morgan fingerprint density at radius 3 is 2.80 bits per heavy atom. The van der Waals surface area contributed by atoms with Gasteiger partial charge in [0, 0.05) is 28.8 Å². The SMILES string of the molecule is Cc1ccc2c(oc3nc(C4C=CCCC4)ccc32)c1-c1cc(CC(C)C)cc[nH+]1. The summed E-state index contributed by atoms with van der Waals surface area (Å²) < 4.78 is 6.42. The van der Waals surface area contributed by atoms with E-state index >= 15 is 0 Å². The summed E-state index contributed by atoms with van der Waals surface area (Å²) >= 11 is 0. The van der Waals surface area contributed by atoms with E-state index in [4.69, 9.17) is 9.40 Å². The van der Waals surface area contributed by atoms with Crippen molar-refractivity contribution in [1.29, 1.82) is 0 Å². The number of furan rings is 1. The van der Waals surface area contributed by atoms with Gasteiger partial charge < -0.3 is 4.42 Å². The molecule has 1 atom stereocenters. The highest BCUT2D eigenvalue weighted by molar-refractivity contribution is 6.08. The van der Waals surface area contributed by atoms with Crippen LogP contribution in [0.5, 0.6) is 0 Å². The number of allylic oxidation sites excluding steroid dienone is 2. The normalized spacial score (nSPS) is 16.7. The summed E-state index contributed by atoms with van der Waals surface area (Å²) in [6, 6.07) is 13.1. The van der Waals surface area contributed by atoms with Gasteiger partial charge in [0.2, 0.25) is 11.4 Å². The maximum Gasteiger partial charge on any atom is 0.227 e. The maximum absolute atomic E-state index is 6.42. The molecule has 0 fully saturated rings. The molecule has 3 heteroatoms. The van der Waals surface area contributed by atoms with Crippen LogP contribution < -0.4 is 4.98 Å². The number of hydrogen-bond donors (Lipinski definition) is 0. The topological polar surface area (TPSA) is 40.2 Å². The van der Waals surface area contributed by atoms with Gasteiger partial charge in [0.1, 0.15) is 0 Å². The lowest BCUT2D eigenvalue weighted by atomic mass is 9.92. The van der Waals surface area contributed by atoms with Crippen LogP contribution in [0.15, 0.2) is 59.2 Å². The van der Waals surface area contributed by atoms with Gasteiger partial charge in [-0.15, -0.1) is 0 Å². The molecule has 1 aliphatic carbocycles. The fourth-order valence-corrected chi connectivity index (χ4v) is 4.69. The zero-order valence-corrected chi connectivity index (χ0v) is 18.0. The molecule has 0 saturated heterocycles. The van der Waals surface area contributed by atoms with E-state index in [0.29, 0.717) is 11.8 Å². The Labute approximate surface area is 177 Å². The van der Waals surface area contributed by atoms with Crippen molar-refractivity contribution in [3.05, 3.63) is 71.6 Å². The van der Waals surface area contributed by atoms with Gasteiger partial charge in [0.25, 0.3) is 0 Å². The summed E-state index contributed by atoms with van der Waals surface area (Å²) in [5, 5.41) is 2.22. The Bertz CT molecular complexity index is 1250. The molecule has 30 heavy (non-hydrogen) atoms. The van der Waals surface area contributed by atoms with Crippen LogP contribution in [0.2, 0.25) is 0 Å². The minimum absolute atomic E-state index is 0.401. The Morgan fingerprint density at radius 2 is 2.00 bits per heavy atom. The highest BCUT2D eigenvalue weighted by Crippen LogP contribution is 2.37. The number of rotatable bonds is 4. The quantitative estimate of drug-likeness (QED) is 0.356. The summed E-state index contributed by atoms with van der Waals surface area (Å²) in [6.07, 6.45) is 11.3. The first kappa shape index (κ1) is 19.0. The van der Waals surface area contributed by atoms with E-state index in [1.54, 1.807) is 0 Å². The highest BCUT2D eigenvalue weighted by Gasteiger charge is 2.21. The third kappa shape index (κ3) is 3.43. The van der Waals surface area contributed by atoms with Gasteiger partial charge in [-0.1, -0.05) is 38.1 Å². The van der Waals surface area contributed by atoms with Gasteiger partial charge in [-0.2, -0.15) is 0 Å². The van der Waals surface area contributed by atoms with Gasteiger partial charge in [-0.05, 0) is 61.8 Å². The first-order valence-electron chi connectivity index (χ1n) is 11.1. The lowest BCUT2D eigenvalue weighted by molar-refractivity contribution is -0.364. The molecule has 3 nitrogen and oxygen atoms in total. The standard InChI is InChI=1S/C27H28N2O/c1-17(2)15-19-13-14-28-24(16-19)25-18(3)9-10-21-22-11-12-23(20-7-5-4-6-8-20)29-27(22)30-26(21)25/h5,7,9-14,16-17,20H,4,6,8,15H2,1-3H3/p+1. The van der Waals surface area contributed by atoms with Crippen molar-refractivity contribution in [2.45, 2.75) is 52.4 Å². The lowest BCUT2D eigenvalue weighted by Crippen LogP contribution is -2.08. The molecular weight excluding hydrogens is 368 g/mol. The predicted molar refractivity (Wildman–Crippen MR) is 123 cm³/mol. The van der Waals surface area contributed by atoms with Gasteiger partial charge in [0.05, 0.1) is 11.3 Å². The molecular formula is C27H29N2O+. The van der Waals surface area contributed by atoms with Gasteiger partial charge in [0.15, 0.2) is 11.8 Å². The van der Waals surface area contributed by atoms with Crippen LogP contribution in [-0.4, -0.2) is 4.98 Å². The molecule has 0 saturated carbocycles. The number of fused-ring (bicyclic) bond motifs is 3. The fraction of sp³-hybridized carbons (Fsp3) is 0.333. The smallest absolute Gasteiger partial charge is 0.227 e. The second-order valence-corrected chi connectivity index (χ2v) is 9.00. The minimum Gasteiger partial charge on any atom is -0.437 e. The molecule has 1 aliphatic rings. The van der Waals surface area contributed by atoms with Crippen LogP contribution in [0.4, 0.5) is 0 Å². The van der Waals surface area contributed by atoms with Crippen molar-refractivity contribution < 1.29 is 9.40 Å². The van der Waals surface area contributed by atoms with E-state index in [2.05, 4.69) is 74.3 Å². The molecule has 4 aromatic rings. The Morgan fingerprint density at radius 1 is 1.13 bits per heavy atom. The largest absolute Gasteiger partial charge is 0.437 e. The summed E-state index contributed by atoms with van der Waals surface area (Å²) in [5.74, 6) is 1.03. The molecule has 1 aromatic carbocycles. The lowest BCUT2D eigenvalue weighted by Gasteiger charge is -2.15. The number of pyridine rings is 2. The third-order valence-corrected chi connectivity index (χ3v) is 6.15. The van der Waals surface area contributed by atoms with E-state index in [-0.39, 0.29) is 0 Å². The summed E-state index contributed by atoms with van der Waals surface area (Å²) in [4.78, 5) is 8.38. The van der Waals surface area contributed by atoms with Crippen molar-refractivity contribution in [2.24, 2.45) is 5.92 Å². The van der Waals surface area contributed by atoms with Crippen molar-refractivity contribution >= 4 is 22.1 Å². The van der Waals surface area contributed by atoms with Crippen LogP contribution in [0, 0.1) is 12.8 Å².